The second-order valence-electron chi connectivity index (χ2n) is 4.53. The van der Waals surface area contributed by atoms with Gasteiger partial charge in [0, 0.05) is 0 Å². The summed E-state index contributed by atoms with van der Waals surface area (Å²) in [6.07, 6.45) is -9.61. The predicted molar refractivity (Wildman–Crippen MR) is 67.6 cm³/mol. The summed E-state index contributed by atoms with van der Waals surface area (Å²) < 4.78 is 69.0. The number of ether oxygens (including phenoxy) is 1. The van der Waals surface area contributed by atoms with Crippen molar-refractivity contribution in [2.45, 2.75) is 59.1 Å². The van der Waals surface area contributed by atoms with Crippen LogP contribution in [0.2, 0.25) is 0 Å². The first-order chi connectivity index (χ1) is 9.41. The van der Waals surface area contributed by atoms with Crippen molar-refractivity contribution in [3.8, 4) is 0 Å². The molecule has 0 aliphatic carbocycles. The highest BCUT2D eigenvalue weighted by molar-refractivity contribution is 7.48. The van der Waals surface area contributed by atoms with Crippen LogP contribution < -0.4 is 0 Å². The van der Waals surface area contributed by atoms with Crippen LogP contribution >= 0.6 is 7.82 Å². The SMILES string of the molecule is CCOC(=O)C(OP(=O)(OC(C)C)OC(C)C)C(F)(F)F. The van der Waals surface area contributed by atoms with Gasteiger partial charge in [-0.2, -0.15) is 13.2 Å². The number of carbonyl (C=O) groups is 1. The Hall–Kier alpha value is -0.630. The zero-order valence-corrected chi connectivity index (χ0v) is 13.4. The summed E-state index contributed by atoms with van der Waals surface area (Å²) in [5.74, 6) is -1.70. The van der Waals surface area contributed by atoms with Gasteiger partial charge in [0.1, 0.15) is 0 Å². The number of carbonyl (C=O) groups excluding carboxylic acids is 1. The fourth-order valence-electron chi connectivity index (χ4n) is 1.17. The third-order valence-electron chi connectivity index (χ3n) is 1.71. The van der Waals surface area contributed by atoms with E-state index in [1.807, 2.05) is 0 Å². The van der Waals surface area contributed by atoms with E-state index in [-0.39, 0.29) is 6.61 Å². The number of alkyl halides is 3. The molecule has 0 rings (SSSR count). The summed E-state index contributed by atoms with van der Waals surface area (Å²) in [6, 6.07) is 0. The fourth-order valence-corrected chi connectivity index (χ4v) is 2.82. The zero-order chi connectivity index (χ0) is 16.8. The first-order valence-corrected chi connectivity index (χ1v) is 7.76. The molecule has 0 aromatic carbocycles. The van der Waals surface area contributed by atoms with E-state index in [0.717, 1.165) is 0 Å². The van der Waals surface area contributed by atoms with Gasteiger partial charge in [-0.15, -0.1) is 0 Å². The molecule has 0 amide bonds. The molecule has 0 saturated carbocycles. The van der Waals surface area contributed by atoms with Crippen LogP contribution in [0.4, 0.5) is 13.2 Å². The molecule has 126 valence electrons. The van der Waals surface area contributed by atoms with E-state index in [1.165, 1.54) is 34.6 Å². The van der Waals surface area contributed by atoms with E-state index in [1.54, 1.807) is 0 Å². The van der Waals surface area contributed by atoms with Gasteiger partial charge in [-0.1, -0.05) is 0 Å². The maximum Gasteiger partial charge on any atom is 0.476 e. The van der Waals surface area contributed by atoms with Crippen molar-refractivity contribution in [3.63, 3.8) is 0 Å². The summed E-state index contributed by atoms with van der Waals surface area (Å²) in [5.41, 5.74) is 0. The molecule has 0 spiro atoms. The van der Waals surface area contributed by atoms with Gasteiger partial charge in [0.05, 0.1) is 18.8 Å². The van der Waals surface area contributed by atoms with E-state index in [0.29, 0.717) is 0 Å². The fraction of sp³-hybridized carbons (Fsp3) is 0.909. The summed E-state index contributed by atoms with van der Waals surface area (Å²) in [5, 5.41) is 0. The van der Waals surface area contributed by atoms with Crippen LogP contribution in [0.1, 0.15) is 34.6 Å². The molecular formula is C11H20F3O6P. The predicted octanol–water partition coefficient (Wildman–Crippen LogP) is 3.46. The number of phosphoric ester groups is 1. The van der Waals surface area contributed by atoms with Crippen LogP contribution in [0.25, 0.3) is 0 Å². The molecule has 0 N–H and O–H groups in total. The third kappa shape index (κ3) is 7.80. The van der Waals surface area contributed by atoms with Gasteiger partial charge in [-0.3, -0.25) is 13.6 Å². The highest BCUT2D eigenvalue weighted by atomic mass is 31.2. The van der Waals surface area contributed by atoms with Crippen molar-refractivity contribution < 1.29 is 40.8 Å². The van der Waals surface area contributed by atoms with Gasteiger partial charge in [0.2, 0.25) is 0 Å². The summed E-state index contributed by atoms with van der Waals surface area (Å²) in [4.78, 5) is 11.3. The van der Waals surface area contributed by atoms with Crippen molar-refractivity contribution in [2.24, 2.45) is 0 Å². The van der Waals surface area contributed by atoms with Crippen LogP contribution in [0.3, 0.4) is 0 Å². The van der Waals surface area contributed by atoms with Crippen LogP contribution in [0.5, 0.6) is 0 Å². The molecular weight excluding hydrogens is 316 g/mol. The number of hydrogen-bond acceptors (Lipinski definition) is 6. The molecule has 1 atom stereocenters. The van der Waals surface area contributed by atoms with Crippen LogP contribution in [-0.4, -0.2) is 37.1 Å². The highest BCUT2D eigenvalue weighted by Gasteiger charge is 2.52. The lowest BCUT2D eigenvalue weighted by Gasteiger charge is -2.26. The summed E-state index contributed by atoms with van der Waals surface area (Å²) in [6.45, 7) is 6.80. The standard InChI is InChI=1S/C11H20F3O6P/c1-6-17-10(15)9(11(12,13)14)20-21(16,18-7(2)3)19-8(4)5/h7-9H,6H2,1-5H3. The van der Waals surface area contributed by atoms with Gasteiger partial charge in [0.15, 0.2) is 0 Å². The summed E-state index contributed by atoms with van der Waals surface area (Å²) >= 11 is 0. The lowest BCUT2D eigenvalue weighted by molar-refractivity contribution is -0.215. The molecule has 0 fully saturated rings. The van der Waals surface area contributed by atoms with Crippen LogP contribution in [-0.2, 0) is 27.7 Å². The third-order valence-corrected chi connectivity index (χ3v) is 3.54. The number of halogens is 3. The maximum atomic E-state index is 12.8. The molecule has 0 aliphatic rings. The first kappa shape index (κ1) is 20.4. The lowest BCUT2D eigenvalue weighted by atomic mass is 10.3. The van der Waals surface area contributed by atoms with Gasteiger partial charge in [-0.25, -0.2) is 9.36 Å². The Bertz CT molecular complexity index is 369. The van der Waals surface area contributed by atoms with Crippen molar-refractivity contribution in [1.82, 2.24) is 0 Å². The van der Waals surface area contributed by atoms with Crippen LogP contribution in [0.15, 0.2) is 0 Å². The molecule has 10 heteroatoms. The van der Waals surface area contributed by atoms with E-state index >= 15 is 0 Å². The smallest absolute Gasteiger partial charge is 0.464 e. The molecule has 0 saturated heterocycles. The van der Waals surface area contributed by atoms with E-state index in [9.17, 15) is 22.5 Å². The molecule has 21 heavy (non-hydrogen) atoms. The molecule has 6 nitrogen and oxygen atoms in total. The van der Waals surface area contributed by atoms with Gasteiger partial charge < -0.3 is 4.74 Å². The van der Waals surface area contributed by atoms with Gasteiger partial charge >= 0.3 is 20.0 Å². The summed E-state index contributed by atoms with van der Waals surface area (Å²) in [7, 11) is -4.58. The lowest BCUT2D eigenvalue weighted by Crippen LogP contribution is -2.40. The number of esters is 1. The Morgan fingerprint density at radius 2 is 1.48 bits per heavy atom. The molecule has 0 aliphatic heterocycles. The average Bonchev–Trinajstić information content (AvgIpc) is 2.22. The van der Waals surface area contributed by atoms with E-state index in [2.05, 4.69) is 9.26 Å². The highest BCUT2D eigenvalue weighted by Crippen LogP contribution is 2.54. The minimum absolute atomic E-state index is 0.283. The number of rotatable bonds is 8. The van der Waals surface area contributed by atoms with Crippen molar-refractivity contribution in [2.75, 3.05) is 6.61 Å². The normalized spacial score (nSPS) is 14.6. The quantitative estimate of drug-likeness (QED) is 0.499. The molecule has 1 unspecified atom stereocenters. The van der Waals surface area contributed by atoms with Gasteiger partial charge in [-0.05, 0) is 34.6 Å². The minimum atomic E-state index is -5.11. The molecule has 0 bridgehead atoms. The maximum absolute atomic E-state index is 12.8. The monoisotopic (exact) mass is 336 g/mol. The van der Waals surface area contributed by atoms with Crippen molar-refractivity contribution in [3.05, 3.63) is 0 Å². The Morgan fingerprint density at radius 3 is 1.76 bits per heavy atom. The van der Waals surface area contributed by atoms with E-state index in [4.69, 9.17) is 9.05 Å². The van der Waals surface area contributed by atoms with Gasteiger partial charge in [0.25, 0.3) is 6.10 Å². The Kier molecular flexibility index (Phi) is 7.88. The second-order valence-corrected chi connectivity index (χ2v) is 6.06. The molecule has 0 aromatic rings. The van der Waals surface area contributed by atoms with Crippen LogP contribution in [0, 0.1) is 0 Å². The molecule has 0 aromatic heterocycles. The Labute approximate surface area is 121 Å². The van der Waals surface area contributed by atoms with Crippen molar-refractivity contribution >= 4 is 13.8 Å². The molecule has 0 radical (unpaired) electrons. The largest absolute Gasteiger partial charge is 0.476 e. The Balaban J connectivity index is 5.30. The number of phosphoric acid groups is 1. The topological polar surface area (TPSA) is 71.1 Å². The molecule has 0 heterocycles. The van der Waals surface area contributed by atoms with Crippen molar-refractivity contribution in [1.29, 1.82) is 0 Å². The van der Waals surface area contributed by atoms with E-state index < -0.39 is 38.3 Å². The number of hydrogen-bond donors (Lipinski definition) is 0. The average molecular weight is 336 g/mol. The minimum Gasteiger partial charge on any atom is -0.464 e. The first-order valence-electron chi connectivity index (χ1n) is 6.30. The Morgan fingerprint density at radius 1 is 1.05 bits per heavy atom. The zero-order valence-electron chi connectivity index (χ0n) is 12.5. The second kappa shape index (κ2) is 8.12.